The largest absolute Gasteiger partial charge is 0.480 e. The molecule has 3 N–H and O–H groups in total. The topological polar surface area (TPSA) is 81.1 Å². The maximum absolute atomic E-state index is 11.3. The monoisotopic (exact) mass is 237 g/mol. The van der Waals surface area contributed by atoms with Crippen LogP contribution in [0.15, 0.2) is 0 Å². The zero-order valence-electron chi connectivity index (χ0n) is 10.5. The van der Waals surface area contributed by atoms with Crippen LogP contribution >= 0.6 is 0 Å². The highest BCUT2D eigenvalue weighted by molar-refractivity contribution is 5.79. The number of nitrogens with zero attached hydrogens (tertiary/aromatic N) is 2. The second kappa shape index (κ2) is 3.84. The van der Waals surface area contributed by atoms with Gasteiger partial charge in [0.2, 0.25) is 0 Å². The Hall–Kier alpha value is -1.36. The summed E-state index contributed by atoms with van der Waals surface area (Å²) >= 11 is 0. The summed E-state index contributed by atoms with van der Waals surface area (Å²) in [5.74, 6) is -0.839. The minimum Gasteiger partial charge on any atom is -0.480 e. The molecule has 0 aromatic carbocycles. The number of hydrogen-bond acceptors (Lipinski definition) is 3. The Balaban J connectivity index is 2.29. The molecule has 1 atom stereocenters. The molecule has 0 aliphatic heterocycles. The van der Waals surface area contributed by atoms with Crippen LogP contribution in [0.25, 0.3) is 0 Å². The summed E-state index contributed by atoms with van der Waals surface area (Å²) in [4.78, 5) is 11.3. The molecule has 1 unspecified atom stereocenters. The molecule has 1 fully saturated rings. The molecule has 5 heteroatoms. The van der Waals surface area contributed by atoms with E-state index in [0.29, 0.717) is 0 Å². The van der Waals surface area contributed by atoms with Crippen LogP contribution in [0.2, 0.25) is 0 Å². The number of hydrogen-bond donors (Lipinski definition) is 2. The normalized spacial score (nSPS) is 19.1. The number of carboxylic acids is 1. The second-order valence-electron chi connectivity index (χ2n) is 5.07. The SMILES string of the molecule is Cc1nn(CC(N)(C(=O)O)C2CC2)c(C)c1C. The van der Waals surface area contributed by atoms with Gasteiger partial charge in [-0.3, -0.25) is 9.48 Å². The van der Waals surface area contributed by atoms with Crippen molar-refractivity contribution in [3.63, 3.8) is 0 Å². The van der Waals surface area contributed by atoms with Crippen LogP contribution in [0.3, 0.4) is 0 Å². The van der Waals surface area contributed by atoms with Gasteiger partial charge in [0.25, 0.3) is 0 Å². The van der Waals surface area contributed by atoms with Gasteiger partial charge in [-0.15, -0.1) is 0 Å². The average molecular weight is 237 g/mol. The third-order valence-electron chi connectivity index (χ3n) is 3.86. The fourth-order valence-electron chi connectivity index (χ4n) is 2.16. The van der Waals surface area contributed by atoms with Crippen molar-refractivity contribution in [2.24, 2.45) is 11.7 Å². The first-order chi connectivity index (χ1) is 7.86. The molecule has 0 bridgehead atoms. The molecular formula is C12H19N3O2. The molecule has 0 spiro atoms. The molecule has 0 radical (unpaired) electrons. The van der Waals surface area contributed by atoms with Gasteiger partial charge < -0.3 is 10.8 Å². The Morgan fingerprint density at radius 3 is 2.47 bits per heavy atom. The predicted octanol–water partition coefficient (Wildman–Crippen LogP) is 1.00. The van der Waals surface area contributed by atoms with Crippen LogP contribution in [0.5, 0.6) is 0 Å². The van der Waals surface area contributed by atoms with Gasteiger partial charge in [-0.1, -0.05) is 0 Å². The summed E-state index contributed by atoms with van der Waals surface area (Å²) in [6, 6.07) is 0. The Labute approximate surface area is 101 Å². The van der Waals surface area contributed by atoms with E-state index in [0.717, 1.165) is 29.8 Å². The molecule has 0 amide bonds. The highest BCUT2D eigenvalue weighted by atomic mass is 16.4. The van der Waals surface area contributed by atoms with Gasteiger partial charge in [-0.25, -0.2) is 0 Å². The standard InChI is InChI=1S/C12H19N3O2/c1-7-8(2)14-15(9(7)3)6-12(13,11(16)17)10-4-5-10/h10H,4-6,13H2,1-3H3,(H,16,17). The van der Waals surface area contributed by atoms with E-state index in [4.69, 9.17) is 5.73 Å². The molecule has 2 rings (SSSR count). The number of rotatable bonds is 4. The molecule has 17 heavy (non-hydrogen) atoms. The van der Waals surface area contributed by atoms with E-state index in [1.54, 1.807) is 4.68 Å². The minimum atomic E-state index is -1.17. The number of aromatic nitrogens is 2. The van der Waals surface area contributed by atoms with E-state index >= 15 is 0 Å². The lowest BCUT2D eigenvalue weighted by molar-refractivity contribution is -0.145. The van der Waals surface area contributed by atoms with Crippen molar-refractivity contribution < 1.29 is 9.90 Å². The highest BCUT2D eigenvalue weighted by Gasteiger charge is 2.49. The summed E-state index contributed by atoms with van der Waals surface area (Å²) in [6.45, 7) is 6.12. The van der Waals surface area contributed by atoms with Crippen LogP contribution in [-0.4, -0.2) is 26.4 Å². The summed E-state index contributed by atoms with van der Waals surface area (Å²) in [6.07, 6.45) is 1.81. The van der Waals surface area contributed by atoms with Gasteiger partial charge in [-0.2, -0.15) is 5.10 Å². The lowest BCUT2D eigenvalue weighted by Gasteiger charge is -2.25. The fourth-order valence-corrected chi connectivity index (χ4v) is 2.16. The van der Waals surface area contributed by atoms with Gasteiger partial charge >= 0.3 is 5.97 Å². The third kappa shape index (κ3) is 1.95. The van der Waals surface area contributed by atoms with Crippen molar-refractivity contribution in [1.82, 2.24) is 9.78 Å². The van der Waals surface area contributed by atoms with Crippen LogP contribution in [0.1, 0.15) is 29.8 Å². The van der Waals surface area contributed by atoms with Gasteiger partial charge in [-0.05, 0) is 45.1 Å². The van der Waals surface area contributed by atoms with E-state index in [1.807, 2.05) is 20.8 Å². The minimum absolute atomic E-state index is 0.0872. The zero-order valence-corrected chi connectivity index (χ0v) is 10.5. The van der Waals surface area contributed by atoms with Crippen molar-refractivity contribution in [3.05, 3.63) is 17.0 Å². The Bertz CT molecular complexity index is 463. The maximum atomic E-state index is 11.3. The predicted molar refractivity (Wildman–Crippen MR) is 63.7 cm³/mol. The lowest BCUT2D eigenvalue weighted by atomic mass is 9.94. The molecule has 1 aromatic heterocycles. The molecule has 1 heterocycles. The molecule has 5 nitrogen and oxygen atoms in total. The van der Waals surface area contributed by atoms with E-state index in [1.165, 1.54) is 0 Å². The molecule has 0 saturated heterocycles. The number of carboxylic acid groups (broad SMARTS) is 1. The molecule has 1 saturated carbocycles. The molecule has 1 aliphatic rings. The smallest absolute Gasteiger partial charge is 0.325 e. The molecule has 1 aromatic rings. The van der Waals surface area contributed by atoms with Crippen LogP contribution < -0.4 is 5.73 Å². The summed E-state index contributed by atoms with van der Waals surface area (Å²) in [7, 11) is 0. The van der Waals surface area contributed by atoms with Crippen molar-refractivity contribution >= 4 is 5.97 Å². The fraction of sp³-hybridized carbons (Fsp3) is 0.667. The second-order valence-corrected chi connectivity index (χ2v) is 5.07. The van der Waals surface area contributed by atoms with E-state index < -0.39 is 11.5 Å². The van der Waals surface area contributed by atoms with E-state index in [9.17, 15) is 9.90 Å². The molecule has 94 valence electrons. The van der Waals surface area contributed by atoms with Crippen molar-refractivity contribution in [2.75, 3.05) is 0 Å². The van der Waals surface area contributed by atoms with E-state index in [2.05, 4.69) is 5.10 Å². The first-order valence-electron chi connectivity index (χ1n) is 5.89. The first kappa shape index (κ1) is 12.1. The number of carbonyl (C=O) groups is 1. The first-order valence-corrected chi connectivity index (χ1v) is 5.89. The Morgan fingerprint density at radius 1 is 1.53 bits per heavy atom. The van der Waals surface area contributed by atoms with Crippen molar-refractivity contribution in [1.29, 1.82) is 0 Å². The van der Waals surface area contributed by atoms with Gasteiger partial charge in [0.1, 0.15) is 5.54 Å². The highest BCUT2D eigenvalue weighted by Crippen LogP contribution is 2.39. The maximum Gasteiger partial charge on any atom is 0.325 e. The zero-order chi connectivity index (χ0) is 12.8. The van der Waals surface area contributed by atoms with Gasteiger partial charge in [0.15, 0.2) is 0 Å². The number of aryl methyl sites for hydroxylation is 1. The summed E-state index contributed by atoms with van der Waals surface area (Å²) in [5.41, 5.74) is 7.92. The Morgan fingerprint density at radius 2 is 2.12 bits per heavy atom. The van der Waals surface area contributed by atoms with E-state index in [-0.39, 0.29) is 12.5 Å². The van der Waals surface area contributed by atoms with Crippen molar-refractivity contribution in [2.45, 2.75) is 45.7 Å². The summed E-state index contributed by atoms with van der Waals surface area (Å²) in [5, 5.41) is 13.7. The number of aliphatic carboxylic acids is 1. The number of nitrogens with two attached hydrogens (primary N) is 1. The molecular weight excluding hydrogens is 218 g/mol. The third-order valence-corrected chi connectivity index (χ3v) is 3.86. The lowest BCUT2D eigenvalue weighted by Crippen LogP contribution is -2.53. The molecule has 1 aliphatic carbocycles. The van der Waals surface area contributed by atoms with Crippen LogP contribution in [-0.2, 0) is 11.3 Å². The van der Waals surface area contributed by atoms with Crippen LogP contribution in [0, 0.1) is 26.7 Å². The van der Waals surface area contributed by atoms with Crippen LogP contribution in [0.4, 0.5) is 0 Å². The van der Waals surface area contributed by atoms with Gasteiger partial charge in [0.05, 0.1) is 12.2 Å². The quantitative estimate of drug-likeness (QED) is 0.818. The average Bonchev–Trinajstić information content (AvgIpc) is 3.06. The summed E-state index contributed by atoms with van der Waals surface area (Å²) < 4.78 is 1.73. The van der Waals surface area contributed by atoms with Crippen molar-refractivity contribution in [3.8, 4) is 0 Å². The van der Waals surface area contributed by atoms with Gasteiger partial charge in [0, 0.05) is 5.69 Å². The Kier molecular flexibility index (Phi) is 2.73.